The fourth-order valence-electron chi connectivity index (χ4n) is 3.39. The van der Waals surface area contributed by atoms with Crippen LogP contribution in [0.15, 0.2) is 0 Å². The summed E-state index contributed by atoms with van der Waals surface area (Å²) in [5.41, 5.74) is 10.9. The highest BCUT2D eigenvalue weighted by atomic mass is 16.1. The first-order chi connectivity index (χ1) is 8.58. The highest BCUT2D eigenvalue weighted by Crippen LogP contribution is 2.40. The molecule has 2 unspecified atom stereocenters. The molecule has 3 rings (SSSR count). The normalized spacial score (nSPS) is 36.9. The summed E-state index contributed by atoms with van der Waals surface area (Å²) in [4.78, 5) is 14.2. The molecule has 0 aromatic carbocycles. The Morgan fingerprint density at radius 3 is 2.44 bits per heavy atom. The van der Waals surface area contributed by atoms with Crippen molar-refractivity contribution in [3.8, 4) is 0 Å². The SMILES string of the molecule is NC(=O)C1(N)CCCC(N(CC2CC2)C2CC2)C1. The smallest absolute Gasteiger partial charge is 0.237 e. The van der Waals surface area contributed by atoms with E-state index in [2.05, 4.69) is 4.90 Å². The maximum Gasteiger partial charge on any atom is 0.237 e. The van der Waals surface area contributed by atoms with Crippen LogP contribution in [0.25, 0.3) is 0 Å². The maximum atomic E-state index is 11.5. The summed E-state index contributed by atoms with van der Waals surface area (Å²) in [6.45, 7) is 1.23. The van der Waals surface area contributed by atoms with Gasteiger partial charge in [0.15, 0.2) is 0 Å². The van der Waals surface area contributed by atoms with E-state index >= 15 is 0 Å². The number of hydrogen-bond donors (Lipinski definition) is 2. The van der Waals surface area contributed by atoms with Crippen LogP contribution in [-0.2, 0) is 4.79 Å². The summed E-state index contributed by atoms with van der Waals surface area (Å²) in [5, 5.41) is 0. The summed E-state index contributed by atoms with van der Waals surface area (Å²) < 4.78 is 0. The molecule has 0 aromatic heterocycles. The van der Waals surface area contributed by atoms with E-state index in [9.17, 15) is 4.79 Å². The Morgan fingerprint density at radius 1 is 1.17 bits per heavy atom. The molecule has 102 valence electrons. The summed E-state index contributed by atoms with van der Waals surface area (Å²) >= 11 is 0. The van der Waals surface area contributed by atoms with Crippen molar-refractivity contribution in [1.82, 2.24) is 4.90 Å². The number of nitrogens with zero attached hydrogens (tertiary/aromatic N) is 1. The average molecular weight is 251 g/mol. The average Bonchev–Trinajstić information content (AvgIpc) is 3.19. The second-order valence-corrected chi connectivity index (χ2v) is 6.64. The molecule has 0 spiro atoms. The molecule has 0 saturated heterocycles. The molecule has 3 aliphatic carbocycles. The quantitative estimate of drug-likeness (QED) is 0.765. The highest BCUT2D eigenvalue weighted by Gasteiger charge is 2.44. The zero-order chi connectivity index (χ0) is 12.8. The molecule has 2 atom stereocenters. The van der Waals surface area contributed by atoms with E-state index in [1.165, 1.54) is 38.6 Å². The molecule has 3 saturated carbocycles. The first-order valence-electron chi connectivity index (χ1n) is 7.43. The molecule has 4 N–H and O–H groups in total. The van der Waals surface area contributed by atoms with Crippen LogP contribution in [0.2, 0.25) is 0 Å². The zero-order valence-corrected chi connectivity index (χ0v) is 11.1. The topological polar surface area (TPSA) is 72.3 Å². The summed E-state index contributed by atoms with van der Waals surface area (Å²) in [6, 6.07) is 1.26. The molecule has 1 amide bonds. The van der Waals surface area contributed by atoms with Crippen molar-refractivity contribution in [1.29, 1.82) is 0 Å². The lowest BCUT2D eigenvalue weighted by Gasteiger charge is -2.41. The number of amides is 1. The van der Waals surface area contributed by atoms with Crippen molar-refractivity contribution < 1.29 is 4.79 Å². The Kier molecular flexibility index (Phi) is 3.10. The first kappa shape index (κ1) is 12.4. The van der Waals surface area contributed by atoms with Gasteiger partial charge >= 0.3 is 0 Å². The summed E-state index contributed by atoms with van der Waals surface area (Å²) in [7, 11) is 0. The third-order valence-corrected chi connectivity index (χ3v) is 4.90. The van der Waals surface area contributed by atoms with E-state index in [4.69, 9.17) is 11.5 Å². The van der Waals surface area contributed by atoms with E-state index in [0.717, 1.165) is 31.2 Å². The summed E-state index contributed by atoms with van der Waals surface area (Å²) in [5.74, 6) is 0.600. The third kappa shape index (κ3) is 2.54. The van der Waals surface area contributed by atoms with Crippen molar-refractivity contribution in [2.75, 3.05) is 6.54 Å². The zero-order valence-electron chi connectivity index (χ0n) is 11.1. The van der Waals surface area contributed by atoms with Crippen LogP contribution in [0.5, 0.6) is 0 Å². The van der Waals surface area contributed by atoms with Gasteiger partial charge in [-0.2, -0.15) is 0 Å². The van der Waals surface area contributed by atoms with Gasteiger partial charge in [0.25, 0.3) is 0 Å². The predicted octanol–water partition coefficient (Wildman–Crippen LogP) is 0.986. The number of hydrogen-bond acceptors (Lipinski definition) is 3. The van der Waals surface area contributed by atoms with Gasteiger partial charge < -0.3 is 11.5 Å². The first-order valence-corrected chi connectivity index (χ1v) is 7.43. The molecule has 0 aliphatic heterocycles. The van der Waals surface area contributed by atoms with Gasteiger partial charge in [0.05, 0.1) is 5.54 Å². The molecule has 4 heteroatoms. The van der Waals surface area contributed by atoms with Crippen LogP contribution < -0.4 is 11.5 Å². The minimum absolute atomic E-state index is 0.311. The monoisotopic (exact) mass is 251 g/mol. The van der Waals surface area contributed by atoms with Crippen LogP contribution in [-0.4, -0.2) is 35.0 Å². The van der Waals surface area contributed by atoms with Crippen LogP contribution in [0.4, 0.5) is 0 Å². The number of nitrogens with two attached hydrogens (primary N) is 2. The van der Waals surface area contributed by atoms with Crippen molar-refractivity contribution in [2.24, 2.45) is 17.4 Å². The van der Waals surface area contributed by atoms with Crippen molar-refractivity contribution in [3.63, 3.8) is 0 Å². The lowest BCUT2D eigenvalue weighted by Crippen LogP contribution is -2.58. The lowest BCUT2D eigenvalue weighted by atomic mass is 9.78. The highest BCUT2D eigenvalue weighted by molar-refractivity contribution is 5.84. The largest absolute Gasteiger partial charge is 0.368 e. The molecule has 4 nitrogen and oxygen atoms in total. The van der Waals surface area contributed by atoms with E-state index in [1.54, 1.807) is 0 Å². The number of rotatable bonds is 5. The van der Waals surface area contributed by atoms with E-state index in [1.807, 2.05) is 0 Å². The van der Waals surface area contributed by atoms with Gasteiger partial charge in [0, 0.05) is 18.6 Å². The Labute approximate surface area is 109 Å². The second-order valence-electron chi connectivity index (χ2n) is 6.64. The van der Waals surface area contributed by atoms with E-state index < -0.39 is 5.54 Å². The molecular formula is C14H25N3O. The van der Waals surface area contributed by atoms with Gasteiger partial charge in [-0.25, -0.2) is 0 Å². The minimum Gasteiger partial charge on any atom is -0.368 e. The fourth-order valence-corrected chi connectivity index (χ4v) is 3.39. The van der Waals surface area contributed by atoms with Gasteiger partial charge in [-0.1, -0.05) is 0 Å². The van der Waals surface area contributed by atoms with Crippen LogP contribution >= 0.6 is 0 Å². The molecule has 0 radical (unpaired) electrons. The fraction of sp³-hybridized carbons (Fsp3) is 0.929. The maximum absolute atomic E-state index is 11.5. The molecule has 18 heavy (non-hydrogen) atoms. The Hall–Kier alpha value is -0.610. The Morgan fingerprint density at radius 2 is 1.89 bits per heavy atom. The summed E-state index contributed by atoms with van der Waals surface area (Å²) in [6.07, 6.45) is 9.20. The van der Waals surface area contributed by atoms with Gasteiger partial charge in [0.1, 0.15) is 0 Å². The Balaban J connectivity index is 1.67. The van der Waals surface area contributed by atoms with Crippen molar-refractivity contribution in [2.45, 2.75) is 69.0 Å². The Bertz CT molecular complexity index is 338. The molecule has 3 fully saturated rings. The van der Waals surface area contributed by atoms with Crippen molar-refractivity contribution in [3.05, 3.63) is 0 Å². The third-order valence-electron chi connectivity index (χ3n) is 4.90. The van der Waals surface area contributed by atoms with Gasteiger partial charge in [-0.05, 0) is 57.3 Å². The molecule has 0 aromatic rings. The van der Waals surface area contributed by atoms with Gasteiger partial charge in [0.2, 0.25) is 5.91 Å². The van der Waals surface area contributed by atoms with Crippen LogP contribution in [0.3, 0.4) is 0 Å². The second kappa shape index (κ2) is 4.49. The standard InChI is InChI=1S/C14H25N3O/c15-13(18)14(16)7-1-2-12(8-14)17(11-5-6-11)9-10-3-4-10/h10-12H,1-9,16H2,(H2,15,18). The van der Waals surface area contributed by atoms with Gasteiger partial charge in [-0.3, -0.25) is 9.69 Å². The molecule has 3 aliphatic rings. The van der Waals surface area contributed by atoms with E-state index in [-0.39, 0.29) is 5.91 Å². The number of carbonyl (C=O) groups is 1. The van der Waals surface area contributed by atoms with Crippen LogP contribution in [0, 0.1) is 5.92 Å². The lowest BCUT2D eigenvalue weighted by molar-refractivity contribution is -0.125. The number of primary amides is 1. The number of carbonyl (C=O) groups excluding carboxylic acids is 1. The van der Waals surface area contributed by atoms with E-state index in [0.29, 0.717) is 6.04 Å². The molecular weight excluding hydrogens is 226 g/mol. The van der Waals surface area contributed by atoms with Gasteiger partial charge in [-0.15, -0.1) is 0 Å². The minimum atomic E-state index is -0.750. The molecule has 0 heterocycles. The van der Waals surface area contributed by atoms with Crippen molar-refractivity contribution >= 4 is 5.91 Å². The van der Waals surface area contributed by atoms with Crippen LogP contribution in [0.1, 0.15) is 51.4 Å². The predicted molar refractivity (Wildman–Crippen MR) is 70.8 cm³/mol. The molecule has 0 bridgehead atoms.